The van der Waals surface area contributed by atoms with Crippen LogP contribution in [0.3, 0.4) is 0 Å². The van der Waals surface area contributed by atoms with E-state index in [1.807, 2.05) is 7.05 Å². The minimum absolute atomic E-state index is 0.109. The van der Waals surface area contributed by atoms with Crippen LogP contribution in [0.5, 0.6) is 0 Å². The lowest BCUT2D eigenvalue weighted by Crippen LogP contribution is -2.48. The number of unbranched alkanes of at least 4 members (excludes halogenated alkanes) is 3. The molecule has 0 aromatic rings. The second-order valence-corrected chi connectivity index (χ2v) is 6.50. The van der Waals surface area contributed by atoms with E-state index < -0.39 is 0 Å². The number of rotatable bonds is 10. The van der Waals surface area contributed by atoms with Crippen LogP contribution in [-0.2, 0) is 9.53 Å². The molecule has 6 nitrogen and oxygen atoms in total. The molecule has 0 unspecified atom stereocenters. The maximum absolute atomic E-state index is 11.0. The van der Waals surface area contributed by atoms with Gasteiger partial charge in [0, 0.05) is 39.1 Å². The molecular formula is C18H36N4O2. The Morgan fingerprint density at radius 1 is 1.21 bits per heavy atom. The van der Waals surface area contributed by atoms with Gasteiger partial charge in [-0.05, 0) is 38.6 Å². The molecule has 0 aromatic carbocycles. The summed E-state index contributed by atoms with van der Waals surface area (Å²) in [5.74, 6) is 0.807. The zero-order chi connectivity index (χ0) is 17.6. The molecule has 0 amide bonds. The molecule has 1 aliphatic heterocycles. The van der Waals surface area contributed by atoms with Gasteiger partial charge in [-0.15, -0.1) is 0 Å². The van der Waals surface area contributed by atoms with Gasteiger partial charge in [-0.2, -0.15) is 0 Å². The number of hydrogen-bond donors (Lipinski definition) is 2. The number of likely N-dealkylation sites (tertiary alicyclic amines) is 1. The Balaban J connectivity index is 2.06. The second-order valence-electron chi connectivity index (χ2n) is 6.50. The summed E-state index contributed by atoms with van der Waals surface area (Å²) < 4.78 is 4.64. The number of carbonyl (C=O) groups is 1. The maximum Gasteiger partial charge on any atom is 0.305 e. The number of methoxy groups -OCH3 is 1. The minimum Gasteiger partial charge on any atom is -0.469 e. The average molecular weight is 341 g/mol. The van der Waals surface area contributed by atoms with Crippen LogP contribution in [0.4, 0.5) is 0 Å². The number of nitrogens with zero attached hydrogens (tertiary/aromatic N) is 2. The van der Waals surface area contributed by atoms with Crippen LogP contribution in [0.2, 0.25) is 0 Å². The molecule has 1 fully saturated rings. The van der Waals surface area contributed by atoms with Gasteiger partial charge in [-0.3, -0.25) is 9.79 Å². The minimum atomic E-state index is -0.109. The first-order valence-electron chi connectivity index (χ1n) is 9.46. The van der Waals surface area contributed by atoms with E-state index in [-0.39, 0.29) is 5.97 Å². The molecule has 0 atom stereocenters. The van der Waals surface area contributed by atoms with Gasteiger partial charge in [-0.1, -0.05) is 19.8 Å². The van der Waals surface area contributed by atoms with Crippen molar-refractivity contribution in [2.24, 2.45) is 4.99 Å². The Labute approximate surface area is 147 Å². The third-order valence-electron chi connectivity index (χ3n) is 4.52. The number of ether oxygens (including phenoxy) is 1. The molecule has 0 radical (unpaired) electrons. The molecule has 0 spiro atoms. The number of hydrogen-bond acceptors (Lipinski definition) is 4. The van der Waals surface area contributed by atoms with E-state index in [1.165, 1.54) is 46.0 Å². The molecule has 2 N–H and O–H groups in total. The summed E-state index contributed by atoms with van der Waals surface area (Å²) in [7, 11) is 3.27. The lowest BCUT2D eigenvalue weighted by molar-refractivity contribution is -0.140. The fourth-order valence-electron chi connectivity index (χ4n) is 3.06. The molecule has 1 aliphatic rings. The highest BCUT2D eigenvalue weighted by Crippen LogP contribution is 2.10. The summed E-state index contributed by atoms with van der Waals surface area (Å²) in [6.07, 6.45) is 8.34. The van der Waals surface area contributed by atoms with E-state index in [2.05, 4.69) is 32.2 Å². The first-order valence-corrected chi connectivity index (χ1v) is 9.46. The van der Waals surface area contributed by atoms with E-state index in [4.69, 9.17) is 0 Å². The van der Waals surface area contributed by atoms with Crippen LogP contribution < -0.4 is 10.6 Å². The normalized spacial score (nSPS) is 16.9. The van der Waals surface area contributed by atoms with E-state index in [9.17, 15) is 4.79 Å². The summed E-state index contributed by atoms with van der Waals surface area (Å²) in [4.78, 5) is 17.9. The predicted molar refractivity (Wildman–Crippen MR) is 99.4 cm³/mol. The first kappa shape index (κ1) is 20.7. The summed E-state index contributed by atoms with van der Waals surface area (Å²) in [6.45, 7) is 6.75. The van der Waals surface area contributed by atoms with Crippen molar-refractivity contribution in [3.8, 4) is 0 Å². The highest BCUT2D eigenvalue weighted by molar-refractivity contribution is 5.79. The molecule has 0 aliphatic carbocycles. The van der Waals surface area contributed by atoms with Crippen LogP contribution in [0.25, 0.3) is 0 Å². The van der Waals surface area contributed by atoms with Gasteiger partial charge in [0.25, 0.3) is 0 Å². The van der Waals surface area contributed by atoms with Crippen molar-refractivity contribution in [1.29, 1.82) is 0 Å². The monoisotopic (exact) mass is 340 g/mol. The summed E-state index contributed by atoms with van der Waals surface area (Å²) >= 11 is 0. The molecule has 6 heteroatoms. The van der Waals surface area contributed by atoms with Gasteiger partial charge < -0.3 is 20.3 Å². The average Bonchev–Trinajstić information content (AvgIpc) is 2.61. The number of carbonyl (C=O) groups excluding carboxylic acids is 1. The summed E-state index contributed by atoms with van der Waals surface area (Å²) in [5, 5.41) is 6.94. The van der Waals surface area contributed by atoms with Gasteiger partial charge in [-0.25, -0.2) is 0 Å². The summed E-state index contributed by atoms with van der Waals surface area (Å²) in [6, 6.07) is 0.532. The quantitative estimate of drug-likeness (QED) is 0.276. The second kappa shape index (κ2) is 13.0. The van der Waals surface area contributed by atoms with Crippen molar-refractivity contribution in [3.63, 3.8) is 0 Å². The van der Waals surface area contributed by atoms with Gasteiger partial charge in [0.15, 0.2) is 5.96 Å². The highest BCUT2D eigenvalue weighted by Gasteiger charge is 2.19. The van der Waals surface area contributed by atoms with Crippen molar-refractivity contribution in [2.75, 3.05) is 40.3 Å². The third-order valence-corrected chi connectivity index (χ3v) is 4.52. The number of piperidine rings is 1. The predicted octanol–water partition coefficient (Wildman–Crippen LogP) is 2.15. The van der Waals surface area contributed by atoms with Gasteiger partial charge in [0.2, 0.25) is 0 Å². The molecule has 0 aromatic heterocycles. The molecule has 1 saturated heterocycles. The van der Waals surface area contributed by atoms with Crippen LogP contribution in [-0.4, -0.2) is 63.2 Å². The molecule has 0 saturated carbocycles. The van der Waals surface area contributed by atoms with Crippen LogP contribution in [0, 0.1) is 0 Å². The standard InChI is InChI=1S/C18H36N4O2/c1-4-13-22-14-10-16(11-15-22)21-18(19-2)20-12-8-6-5-7-9-17(23)24-3/h16H,4-15H2,1-3H3,(H2,19,20,21). The number of aliphatic imine (C=N–C) groups is 1. The Morgan fingerprint density at radius 2 is 1.92 bits per heavy atom. The smallest absolute Gasteiger partial charge is 0.305 e. The van der Waals surface area contributed by atoms with Crippen LogP contribution >= 0.6 is 0 Å². The van der Waals surface area contributed by atoms with E-state index in [1.54, 1.807) is 0 Å². The van der Waals surface area contributed by atoms with Crippen molar-refractivity contribution in [3.05, 3.63) is 0 Å². The van der Waals surface area contributed by atoms with Crippen LogP contribution in [0.15, 0.2) is 4.99 Å². The fraction of sp³-hybridized carbons (Fsp3) is 0.889. The van der Waals surface area contributed by atoms with Gasteiger partial charge in [0.1, 0.15) is 0 Å². The fourth-order valence-corrected chi connectivity index (χ4v) is 3.06. The molecule has 1 heterocycles. The lowest BCUT2D eigenvalue weighted by Gasteiger charge is -2.32. The van der Waals surface area contributed by atoms with E-state index in [0.717, 1.165) is 38.2 Å². The van der Waals surface area contributed by atoms with Crippen molar-refractivity contribution in [1.82, 2.24) is 15.5 Å². The van der Waals surface area contributed by atoms with Crippen LogP contribution in [0.1, 0.15) is 58.3 Å². The largest absolute Gasteiger partial charge is 0.469 e. The Bertz CT molecular complexity index is 366. The maximum atomic E-state index is 11.0. The van der Waals surface area contributed by atoms with Crippen molar-refractivity contribution in [2.45, 2.75) is 64.3 Å². The zero-order valence-electron chi connectivity index (χ0n) is 15.8. The lowest BCUT2D eigenvalue weighted by atomic mass is 10.1. The Hall–Kier alpha value is -1.30. The highest BCUT2D eigenvalue weighted by atomic mass is 16.5. The molecule has 140 valence electrons. The Kier molecular flexibility index (Phi) is 11.3. The van der Waals surface area contributed by atoms with E-state index >= 15 is 0 Å². The third kappa shape index (κ3) is 9.11. The molecular weight excluding hydrogens is 304 g/mol. The number of esters is 1. The van der Waals surface area contributed by atoms with Gasteiger partial charge >= 0.3 is 5.97 Å². The number of nitrogens with one attached hydrogen (secondary N) is 2. The Morgan fingerprint density at radius 3 is 2.54 bits per heavy atom. The number of guanidine groups is 1. The van der Waals surface area contributed by atoms with Gasteiger partial charge in [0.05, 0.1) is 7.11 Å². The SMILES string of the molecule is CCCN1CCC(NC(=NC)NCCCCCCC(=O)OC)CC1. The zero-order valence-corrected chi connectivity index (χ0v) is 15.8. The first-order chi connectivity index (χ1) is 11.7. The molecule has 0 bridgehead atoms. The van der Waals surface area contributed by atoms with Crippen molar-refractivity contribution >= 4 is 11.9 Å². The van der Waals surface area contributed by atoms with Crippen molar-refractivity contribution < 1.29 is 9.53 Å². The topological polar surface area (TPSA) is 66.0 Å². The molecule has 1 rings (SSSR count). The van der Waals surface area contributed by atoms with E-state index in [0.29, 0.717) is 12.5 Å². The summed E-state index contributed by atoms with van der Waals surface area (Å²) in [5.41, 5.74) is 0. The molecule has 24 heavy (non-hydrogen) atoms.